The minimum atomic E-state index is -4.89. The molecule has 3 aliphatic rings. The number of likely N-dealkylation sites (tertiary alicyclic amines) is 1. The summed E-state index contributed by atoms with van der Waals surface area (Å²) < 4.78 is 62.0. The Morgan fingerprint density at radius 2 is 2.00 bits per heavy atom. The van der Waals surface area contributed by atoms with Crippen LogP contribution in [0.25, 0.3) is 0 Å². The van der Waals surface area contributed by atoms with E-state index in [2.05, 4.69) is 17.6 Å². The molecule has 0 bridgehead atoms. The SMILES string of the molecule is C=CC(=O)N1CCN(c2nc(OCC3C[C@H](O)CN3C)nc3c2CCN(c2cccc(F)c2C(F)(F)F)C3)CC1CC#N. The molecule has 2 saturated heterocycles. The van der Waals surface area contributed by atoms with E-state index in [1.165, 1.54) is 23.1 Å². The number of carbonyl (C=O) groups excluding carboxylic acids is 1. The summed E-state index contributed by atoms with van der Waals surface area (Å²) in [6.07, 6.45) is -3.26. The fourth-order valence-electron chi connectivity index (χ4n) is 6.13. The Labute approximate surface area is 246 Å². The van der Waals surface area contributed by atoms with Crippen molar-refractivity contribution in [2.45, 2.75) is 50.2 Å². The van der Waals surface area contributed by atoms with E-state index in [1.807, 2.05) is 16.8 Å². The van der Waals surface area contributed by atoms with Gasteiger partial charge in [0, 0.05) is 44.3 Å². The number of halogens is 4. The number of aliphatic hydroxyl groups is 1. The number of amides is 1. The van der Waals surface area contributed by atoms with Gasteiger partial charge in [-0.2, -0.15) is 28.4 Å². The van der Waals surface area contributed by atoms with E-state index >= 15 is 0 Å². The smallest absolute Gasteiger partial charge is 0.421 e. The molecule has 14 heteroatoms. The zero-order valence-corrected chi connectivity index (χ0v) is 23.7. The minimum Gasteiger partial charge on any atom is -0.462 e. The van der Waals surface area contributed by atoms with E-state index in [-0.39, 0.29) is 56.2 Å². The molecule has 230 valence electrons. The van der Waals surface area contributed by atoms with Crippen molar-refractivity contribution < 1.29 is 32.2 Å². The van der Waals surface area contributed by atoms with Crippen LogP contribution in [-0.4, -0.2) is 95.3 Å². The van der Waals surface area contributed by atoms with Crippen molar-refractivity contribution in [3.63, 3.8) is 0 Å². The van der Waals surface area contributed by atoms with Crippen LogP contribution < -0.4 is 14.5 Å². The maximum absolute atomic E-state index is 14.4. The molecule has 0 saturated carbocycles. The number of nitrogens with zero attached hydrogens (tertiary/aromatic N) is 7. The zero-order valence-electron chi connectivity index (χ0n) is 23.7. The summed E-state index contributed by atoms with van der Waals surface area (Å²) in [6.45, 7) is 5.40. The number of anilines is 2. The first-order valence-corrected chi connectivity index (χ1v) is 14.1. The molecule has 1 amide bonds. The Morgan fingerprint density at radius 3 is 2.67 bits per heavy atom. The summed E-state index contributed by atoms with van der Waals surface area (Å²) in [4.78, 5) is 28.7. The van der Waals surface area contributed by atoms with Crippen molar-refractivity contribution in [2.75, 3.05) is 56.2 Å². The first kappa shape index (κ1) is 30.5. The molecule has 10 nitrogen and oxygen atoms in total. The largest absolute Gasteiger partial charge is 0.462 e. The van der Waals surface area contributed by atoms with Crippen molar-refractivity contribution in [2.24, 2.45) is 0 Å². The number of ether oxygens (including phenoxy) is 1. The summed E-state index contributed by atoms with van der Waals surface area (Å²) in [7, 11) is 1.87. The van der Waals surface area contributed by atoms with Gasteiger partial charge >= 0.3 is 12.2 Å². The van der Waals surface area contributed by atoms with Crippen LogP contribution in [0.1, 0.15) is 29.7 Å². The first-order valence-electron chi connectivity index (χ1n) is 14.1. The topological polar surface area (TPSA) is 109 Å². The van der Waals surface area contributed by atoms with E-state index in [0.29, 0.717) is 44.1 Å². The molecule has 0 aliphatic carbocycles. The van der Waals surface area contributed by atoms with Crippen LogP contribution in [-0.2, 0) is 23.9 Å². The van der Waals surface area contributed by atoms with Gasteiger partial charge in [-0.25, -0.2) is 4.39 Å². The second kappa shape index (κ2) is 12.3. The molecule has 5 rings (SSSR count). The van der Waals surface area contributed by atoms with Gasteiger partial charge in [-0.05, 0) is 38.1 Å². The van der Waals surface area contributed by atoms with E-state index in [4.69, 9.17) is 9.72 Å². The number of alkyl halides is 3. The second-order valence-electron chi connectivity index (χ2n) is 11.1. The van der Waals surface area contributed by atoms with Gasteiger partial charge in [-0.1, -0.05) is 12.6 Å². The van der Waals surface area contributed by atoms with Crippen LogP contribution in [0.3, 0.4) is 0 Å². The summed E-state index contributed by atoms with van der Waals surface area (Å²) in [5.41, 5.74) is -0.423. The summed E-state index contributed by atoms with van der Waals surface area (Å²) in [5, 5.41) is 19.4. The van der Waals surface area contributed by atoms with Crippen molar-refractivity contribution >= 4 is 17.4 Å². The molecular formula is C29H33F4N7O3. The number of rotatable bonds is 7. The molecule has 2 fully saturated rings. The number of fused-ring (bicyclic) bond motifs is 1. The number of aromatic nitrogens is 2. The number of hydrogen-bond acceptors (Lipinski definition) is 9. The molecule has 1 N–H and O–H groups in total. The lowest BCUT2D eigenvalue weighted by atomic mass is 10.0. The van der Waals surface area contributed by atoms with Crippen LogP contribution in [0.2, 0.25) is 0 Å². The van der Waals surface area contributed by atoms with Gasteiger partial charge in [0.25, 0.3) is 0 Å². The third kappa shape index (κ3) is 6.37. The molecule has 3 atom stereocenters. The van der Waals surface area contributed by atoms with Gasteiger partial charge in [0.1, 0.15) is 23.8 Å². The number of β-amino-alcohol motifs (C(OH)–C–C–N with tert-alkyl or cyclic N) is 1. The molecule has 1 aromatic heterocycles. The lowest BCUT2D eigenvalue weighted by Gasteiger charge is -2.42. The van der Waals surface area contributed by atoms with Crippen molar-refractivity contribution in [1.29, 1.82) is 5.26 Å². The number of hydrogen-bond donors (Lipinski definition) is 1. The van der Waals surface area contributed by atoms with E-state index in [0.717, 1.165) is 11.6 Å². The normalized spacial score (nSPS) is 22.7. The van der Waals surface area contributed by atoms with E-state index in [1.54, 1.807) is 4.90 Å². The third-order valence-corrected chi connectivity index (χ3v) is 8.28. The molecule has 1 aromatic carbocycles. The molecule has 3 aliphatic heterocycles. The molecular weight excluding hydrogens is 570 g/mol. The zero-order chi connectivity index (χ0) is 30.9. The second-order valence-corrected chi connectivity index (χ2v) is 11.1. The van der Waals surface area contributed by atoms with Gasteiger partial charge in [0.2, 0.25) is 5.91 Å². The Morgan fingerprint density at radius 1 is 1.21 bits per heavy atom. The van der Waals surface area contributed by atoms with Crippen molar-refractivity contribution in [3.8, 4) is 12.1 Å². The Hall–Kier alpha value is -3.96. The molecule has 0 radical (unpaired) electrons. The summed E-state index contributed by atoms with van der Waals surface area (Å²) in [6, 6.07) is 4.95. The standard InChI is InChI=1S/C29H33F4N7O3/c1-3-25(42)40-12-11-39(14-18(40)7-9-34)27-21-8-10-38(24-6-4-5-22(30)26(24)29(31,32)33)16-23(21)35-28(36-27)43-17-19-13-20(41)15-37(19)2/h3-6,18-20,41H,1,7-8,10-17H2,2H3/t18?,19?,20-/m0/s1. The fraction of sp³-hybridized carbons (Fsp3) is 0.517. The highest BCUT2D eigenvalue weighted by atomic mass is 19.4. The number of likely N-dealkylation sites (N-methyl/N-ethyl adjacent to an activating group) is 1. The van der Waals surface area contributed by atoms with Gasteiger partial charge in [0.15, 0.2) is 0 Å². The highest BCUT2D eigenvalue weighted by Gasteiger charge is 2.40. The van der Waals surface area contributed by atoms with Crippen molar-refractivity contribution in [1.82, 2.24) is 19.8 Å². The van der Waals surface area contributed by atoms with Gasteiger partial charge in [-0.3, -0.25) is 9.69 Å². The quantitative estimate of drug-likeness (QED) is 0.378. The highest BCUT2D eigenvalue weighted by Crippen LogP contribution is 2.40. The Kier molecular flexibility index (Phi) is 8.75. The van der Waals surface area contributed by atoms with Crippen LogP contribution in [0.5, 0.6) is 6.01 Å². The average Bonchev–Trinajstić information content (AvgIpc) is 3.30. The number of piperazine rings is 1. The summed E-state index contributed by atoms with van der Waals surface area (Å²) in [5.74, 6) is -1.09. The first-order chi connectivity index (χ1) is 20.5. The molecule has 43 heavy (non-hydrogen) atoms. The third-order valence-electron chi connectivity index (χ3n) is 8.28. The lowest BCUT2D eigenvalue weighted by Crippen LogP contribution is -2.55. The van der Waals surface area contributed by atoms with Gasteiger partial charge in [0.05, 0.1) is 42.6 Å². The van der Waals surface area contributed by atoms with Crippen LogP contribution in [0, 0.1) is 17.1 Å². The van der Waals surface area contributed by atoms with E-state index < -0.39 is 29.7 Å². The summed E-state index contributed by atoms with van der Waals surface area (Å²) >= 11 is 0. The molecule has 2 aromatic rings. The monoisotopic (exact) mass is 603 g/mol. The van der Waals surface area contributed by atoms with E-state index in [9.17, 15) is 32.7 Å². The lowest BCUT2D eigenvalue weighted by molar-refractivity contribution is -0.139. The predicted octanol–water partition coefficient (Wildman–Crippen LogP) is 2.76. The van der Waals surface area contributed by atoms with Gasteiger partial charge < -0.3 is 24.5 Å². The highest BCUT2D eigenvalue weighted by molar-refractivity contribution is 5.87. The maximum atomic E-state index is 14.4. The number of aliphatic hydroxyl groups excluding tert-OH is 1. The van der Waals surface area contributed by atoms with Gasteiger partial charge in [-0.15, -0.1) is 0 Å². The molecule has 2 unspecified atom stereocenters. The van der Waals surface area contributed by atoms with Crippen molar-refractivity contribution in [3.05, 3.63) is 53.5 Å². The average molecular weight is 604 g/mol. The van der Waals surface area contributed by atoms with Crippen LogP contribution in [0.15, 0.2) is 30.9 Å². The number of carbonyl (C=O) groups is 1. The van der Waals surface area contributed by atoms with Crippen LogP contribution in [0.4, 0.5) is 29.1 Å². The fourth-order valence-corrected chi connectivity index (χ4v) is 6.13. The molecule has 0 spiro atoms. The Balaban J connectivity index is 1.49. The predicted molar refractivity (Wildman–Crippen MR) is 149 cm³/mol. The number of benzene rings is 1. The minimum absolute atomic E-state index is 0.0297. The number of nitriles is 1. The molecule has 4 heterocycles. The maximum Gasteiger partial charge on any atom is 0.421 e. The Bertz CT molecular complexity index is 1420. The van der Waals surface area contributed by atoms with Crippen LogP contribution >= 0.6 is 0 Å².